The van der Waals surface area contributed by atoms with E-state index in [1.54, 1.807) is 6.08 Å². The first kappa shape index (κ1) is 38.4. The molecule has 7 aromatic carbocycles. The molecule has 0 bridgehead atoms. The number of nitrogens with one attached hydrogen (secondary N) is 1. The lowest BCUT2D eigenvalue weighted by Gasteiger charge is -2.35. The summed E-state index contributed by atoms with van der Waals surface area (Å²) in [6, 6.07) is 45.4. The van der Waals surface area contributed by atoms with Crippen molar-refractivity contribution in [1.82, 2.24) is 0 Å². The van der Waals surface area contributed by atoms with Crippen molar-refractivity contribution in [2.45, 2.75) is 32.1 Å². The van der Waals surface area contributed by atoms with Crippen LogP contribution < -0.4 is 5.32 Å². The molecule has 0 aliphatic heterocycles. The number of phenols is 5. The Morgan fingerprint density at radius 1 is 0.593 bits per heavy atom. The van der Waals surface area contributed by atoms with Crippen molar-refractivity contribution >= 4 is 38.9 Å². The van der Waals surface area contributed by atoms with Crippen LogP contribution in [0, 0.1) is 0 Å². The molecule has 0 saturated carbocycles. The van der Waals surface area contributed by atoms with Gasteiger partial charge in [0.05, 0.1) is 5.41 Å². The van der Waals surface area contributed by atoms with Gasteiger partial charge in [0.1, 0.15) is 5.69 Å². The fourth-order valence-corrected chi connectivity index (χ4v) is 8.61. The molecule has 2 aliphatic carbocycles. The fraction of sp³-hybridized carbons (Fsp3) is 0.0943. The molecule has 0 fully saturated rings. The minimum Gasteiger partial charge on any atom is -0.503 e. The van der Waals surface area contributed by atoms with Gasteiger partial charge in [0.15, 0.2) is 11.5 Å². The van der Waals surface area contributed by atoms with Gasteiger partial charge in [-0.25, -0.2) is 0 Å². The van der Waals surface area contributed by atoms with E-state index < -0.39 is 34.2 Å². The van der Waals surface area contributed by atoms with Crippen LogP contribution in [-0.2, 0) is 5.41 Å². The number of rotatable bonds is 8. The third-order valence-electron chi connectivity index (χ3n) is 11.2. The smallest absolute Gasteiger partial charge is 0.208 e. The van der Waals surface area contributed by atoms with Gasteiger partial charge >= 0.3 is 0 Å². The Morgan fingerprint density at radius 3 is 1.98 bits per heavy atom. The average Bonchev–Trinajstić information content (AvgIpc) is 3.59. The third kappa shape index (κ3) is 6.58. The number of phenolic OH excluding ortho intramolecular Hbond substituents is 5. The van der Waals surface area contributed by atoms with Crippen LogP contribution in [0.1, 0.15) is 54.5 Å². The zero-order valence-corrected chi connectivity index (χ0v) is 32.9. The molecule has 1 atom stereocenters. The van der Waals surface area contributed by atoms with Crippen molar-refractivity contribution in [2.24, 2.45) is 0 Å². The van der Waals surface area contributed by atoms with Gasteiger partial charge in [-0.2, -0.15) is 0 Å². The zero-order valence-electron chi connectivity index (χ0n) is 32.9. The molecule has 0 amide bonds. The van der Waals surface area contributed by atoms with E-state index in [-0.39, 0.29) is 5.69 Å². The van der Waals surface area contributed by atoms with Crippen LogP contribution in [0.15, 0.2) is 176 Å². The topological polar surface area (TPSA) is 113 Å². The maximum Gasteiger partial charge on any atom is 0.208 e. The van der Waals surface area contributed by atoms with E-state index in [9.17, 15) is 25.5 Å². The lowest BCUT2D eigenvalue weighted by atomic mass is 9.66. The third-order valence-corrected chi connectivity index (χ3v) is 11.2. The number of hydrogen-bond donors (Lipinski definition) is 6. The van der Waals surface area contributed by atoms with Crippen LogP contribution in [-0.4, -0.2) is 25.5 Å². The summed E-state index contributed by atoms with van der Waals surface area (Å²) in [6.07, 6.45) is 18.2. The first-order valence-electron chi connectivity index (χ1n) is 20.0. The van der Waals surface area contributed by atoms with Crippen molar-refractivity contribution in [1.29, 1.82) is 0 Å². The van der Waals surface area contributed by atoms with Crippen LogP contribution in [0.5, 0.6) is 28.7 Å². The number of fused-ring (bicyclic) bond motifs is 6. The molecule has 292 valence electrons. The summed E-state index contributed by atoms with van der Waals surface area (Å²) in [5.41, 5.74) is 9.63. The number of hydrogen-bond acceptors (Lipinski definition) is 6. The minimum absolute atomic E-state index is 0.354. The van der Waals surface area contributed by atoms with E-state index in [1.165, 1.54) is 45.0 Å². The molecule has 0 heterocycles. The standard InChI is InChI=1S/C51H39NO5.C2H6/c53-46-45(47(54)49(56)50(57)48(46)55)52-28-14-13-16-33(42-31-34-15-7-8-21-37(34)38-22-9-10-23-39(38)42)29-32-26-27-41-40-24-11-12-25-43(40)51(44(41)30-32,35-17-3-1-4-18-35)36-19-5-2-6-20-36;1-2/h1,3-5,7-31,52-57H,2,6H2;1-2H3/b16-13-,28-14+,33-29+;. The molecule has 2 aliphatic rings. The van der Waals surface area contributed by atoms with Gasteiger partial charge < -0.3 is 30.8 Å². The molecule has 6 heteroatoms. The number of benzene rings is 7. The number of aromatic hydroxyl groups is 5. The lowest BCUT2D eigenvalue weighted by molar-refractivity contribution is 0.330. The second-order valence-electron chi connectivity index (χ2n) is 14.4. The Morgan fingerprint density at radius 2 is 1.24 bits per heavy atom. The van der Waals surface area contributed by atoms with Crippen LogP contribution >= 0.6 is 0 Å². The molecule has 0 spiro atoms. The van der Waals surface area contributed by atoms with Gasteiger partial charge in [-0.05, 0) is 109 Å². The maximum absolute atomic E-state index is 10.3. The Balaban J connectivity index is 0.00000238. The largest absolute Gasteiger partial charge is 0.503 e. The second-order valence-corrected chi connectivity index (χ2v) is 14.4. The summed E-state index contributed by atoms with van der Waals surface area (Å²) in [6.45, 7) is 4.00. The van der Waals surface area contributed by atoms with Crippen molar-refractivity contribution < 1.29 is 25.5 Å². The fourth-order valence-electron chi connectivity index (χ4n) is 8.61. The van der Waals surface area contributed by atoms with Crippen LogP contribution in [0.3, 0.4) is 0 Å². The Labute approximate surface area is 344 Å². The van der Waals surface area contributed by atoms with E-state index in [0.717, 1.165) is 45.7 Å². The first-order valence-corrected chi connectivity index (χ1v) is 20.0. The lowest BCUT2D eigenvalue weighted by Crippen LogP contribution is -2.29. The van der Waals surface area contributed by atoms with Gasteiger partial charge in [-0.15, -0.1) is 0 Å². The molecular weight excluding hydrogens is 731 g/mol. The molecule has 0 saturated heterocycles. The monoisotopic (exact) mass is 775 g/mol. The highest BCUT2D eigenvalue weighted by molar-refractivity contribution is 6.13. The SMILES string of the molecule is CC.Oc1c(O)c(O)c(N/C=C/C=C\C(=C/c2ccc3c(c2)C(C2=CCCC=C2)(c2ccccc2)c2ccccc2-3)c2cc3ccccc3c3ccccc23)c(O)c1O. The summed E-state index contributed by atoms with van der Waals surface area (Å²) in [5.74, 6) is -4.52. The van der Waals surface area contributed by atoms with E-state index in [4.69, 9.17) is 0 Å². The van der Waals surface area contributed by atoms with Crippen LogP contribution in [0.4, 0.5) is 5.69 Å². The van der Waals surface area contributed by atoms with E-state index >= 15 is 0 Å². The normalized spacial score (nSPS) is 15.9. The van der Waals surface area contributed by atoms with E-state index in [2.05, 4.69) is 151 Å². The molecule has 6 N–H and O–H groups in total. The van der Waals surface area contributed by atoms with Crippen molar-refractivity contribution in [3.05, 3.63) is 203 Å². The summed E-state index contributed by atoms with van der Waals surface area (Å²) in [5, 5.41) is 57.7. The van der Waals surface area contributed by atoms with Gasteiger partial charge in [0.25, 0.3) is 0 Å². The number of anilines is 1. The van der Waals surface area contributed by atoms with E-state index in [1.807, 2.05) is 32.1 Å². The molecule has 59 heavy (non-hydrogen) atoms. The minimum atomic E-state index is -1.01. The molecule has 1 unspecified atom stereocenters. The average molecular weight is 776 g/mol. The van der Waals surface area contributed by atoms with Crippen molar-refractivity contribution in [3.63, 3.8) is 0 Å². The Kier molecular flexibility index (Phi) is 10.6. The predicted octanol–water partition coefficient (Wildman–Crippen LogP) is 12.9. The van der Waals surface area contributed by atoms with Crippen molar-refractivity contribution in [2.75, 3.05) is 5.32 Å². The molecule has 9 rings (SSSR count). The maximum atomic E-state index is 10.3. The molecule has 0 aromatic heterocycles. The molecule has 6 nitrogen and oxygen atoms in total. The Hall–Kier alpha value is -7.44. The van der Waals surface area contributed by atoms with Gasteiger partial charge in [0.2, 0.25) is 17.2 Å². The quantitative estimate of drug-likeness (QED) is 0.0301. The van der Waals surface area contributed by atoms with Crippen LogP contribution in [0.2, 0.25) is 0 Å². The molecular formula is C53H45NO5. The summed E-state index contributed by atoms with van der Waals surface area (Å²) in [4.78, 5) is 0. The highest BCUT2D eigenvalue weighted by Crippen LogP contribution is 2.57. The van der Waals surface area contributed by atoms with Gasteiger partial charge in [-0.3, -0.25) is 0 Å². The van der Waals surface area contributed by atoms with E-state index in [0.29, 0.717) is 0 Å². The van der Waals surface area contributed by atoms with Gasteiger partial charge in [-0.1, -0.05) is 159 Å². The van der Waals surface area contributed by atoms with Gasteiger partial charge in [0, 0.05) is 6.20 Å². The van der Waals surface area contributed by atoms with Crippen molar-refractivity contribution in [3.8, 4) is 39.9 Å². The van der Waals surface area contributed by atoms with Crippen LogP contribution in [0.25, 0.3) is 44.3 Å². The summed E-state index contributed by atoms with van der Waals surface area (Å²) < 4.78 is 0. The highest BCUT2D eigenvalue weighted by atomic mass is 16.4. The molecule has 0 radical (unpaired) electrons. The number of allylic oxidation sites excluding steroid dienone is 8. The second kappa shape index (κ2) is 16.2. The zero-order chi connectivity index (χ0) is 41.1. The first-order chi connectivity index (χ1) is 28.9. The highest BCUT2D eigenvalue weighted by Gasteiger charge is 2.46. The Bertz CT molecular complexity index is 2850. The summed E-state index contributed by atoms with van der Waals surface area (Å²) >= 11 is 0. The predicted molar refractivity (Wildman–Crippen MR) is 242 cm³/mol. The molecule has 7 aromatic rings. The summed E-state index contributed by atoms with van der Waals surface area (Å²) in [7, 11) is 0.